The average Bonchev–Trinajstić information content (AvgIpc) is 3.51. The Bertz CT molecular complexity index is 776. The second-order valence-electron chi connectivity index (χ2n) is 7.86. The van der Waals surface area contributed by atoms with Gasteiger partial charge in [-0.05, 0) is 63.9 Å². The minimum atomic E-state index is -1.24. The fourth-order valence-corrected chi connectivity index (χ4v) is 3.83. The van der Waals surface area contributed by atoms with Crippen molar-refractivity contribution in [3.63, 3.8) is 0 Å². The second-order valence-corrected chi connectivity index (χ2v) is 7.86. The van der Waals surface area contributed by atoms with E-state index in [-0.39, 0.29) is 17.4 Å². The molecule has 0 unspecified atom stereocenters. The third-order valence-corrected chi connectivity index (χ3v) is 5.52. The van der Waals surface area contributed by atoms with Gasteiger partial charge in [-0.15, -0.1) is 0 Å². The molecule has 158 valence electrons. The van der Waals surface area contributed by atoms with Gasteiger partial charge in [-0.3, -0.25) is 4.79 Å². The maximum absolute atomic E-state index is 14.7. The van der Waals surface area contributed by atoms with Crippen LogP contribution in [0.15, 0.2) is 30.0 Å². The summed E-state index contributed by atoms with van der Waals surface area (Å²) in [6.45, 7) is 7.93. The molecule has 1 aromatic carbocycles. The van der Waals surface area contributed by atoms with E-state index in [4.69, 9.17) is 0 Å². The number of hydrogen-bond acceptors (Lipinski definition) is 5. The number of Topliss-reactive ketones (excluding diaryl/α,β-unsaturated/α-hetero) is 1. The summed E-state index contributed by atoms with van der Waals surface area (Å²) in [6, 6.07) is 5.04. The topological polar surface area (TPSA) is 64.1 Å². The Hall–Kier alpha value is -2.41. The quantitative estimate of drug-likeness (QED) is 0.408. The first kappa shape index (κ1) is 21.3. The van der Waals surface area contributed by atoms with Crippen LogP contribution in [0.3, 0.4) is 0 Å². The highest BCUT2D eigenvalue weighted by Gasteiger charge is 2.31. The maximum Gasteiger partial charge on any atom is 0.340 e. The lowest BCUT2D eigenvalue weighted by Gasteiger charge is -2.27. The largest absolute Gasteiger partial charge is 0.478 e. The van der Waals surface area contributed by atoms with Crippen LogP contribution in [-0.4, -0.2) is 60.5 Å². The van der Waals surface area contributed by atoms with Crippen LogP contribution in [0.5, 0.6) is 0 Å². The number of rotatable bonds is 8. The van der Waals surface area contributed by atoms with Gasteiger partial charge < -0.3 is 19.8 Å². The van der Waals surface area contributed by atoms with E-state index in [9.17, 15) is 19.1 Å². The molecule has 0 spiro atoms. The van der Waals surface area contributed by atoms with Crippen LogP contribution in [-0.2, 0) is 9.59 Å². The highest BCUT2D eigenvalue weighted by molar-refractivity contribution is 6.15. The van der Waals surface area contributed by atoms with E-state index in [1.165, 1.54) is 19.2 Å². The lowest BCUT2D eigenvalue weighted by atomic mass is 10.1. The Balaban J connectivity index is 1.88. The molecule has 0 aromatic heterocycles. The summed E-state index contributed by atoms with van der Waals surface area (Å²) in [6.07, 6.45) is 5.33. The molecule has 29 heavy (non-hydrogen) atoms. The predicted molar refractivity (Wildman–Crippen MR) is 112 cm³/mol. The molecule has 0 radical (unpaired) electrons. The minimum absolute atomic E-state index is 0.145. The summed E-state index contributed by atoms with van der Waals surface area (Å²) in [7, 11) is 0. The fraction of sp³-hybridized carbons (Fsp3) is 0.545. The molecule has 0 atom stereocenters. The van der Waals surface area contributed by atoms with Gasteiger partial charge in [-0.25, -0.2) is 9.18 Å². The van der Waals surface area contributed by atoms with Gasteiger partial charge in [0.15, 0.2) is 5.78 Å². The Morgan fingerprint density at radius 1 is 1.24 bits per heavy atom. The molecule has 0 bridgehead atoms. The highest BCUT2D eigenvalue weighted by atomic mass is 19.1. The highest BCUT2D eigenvalue weighted by Crippen LogP contribution is 2.35. The smallest absolute Gasteiger partial charge is 0.340 e. The predicted octanol–water partition coefficient (Wildman–Crippen LogP) is 3.27. The van der Waals surface area contributed by atoms with E-state index < -0.39 is 11.8 Å². The number of ketones is 1. The number of nitrogens with zero attached hydrogens (tertiary/aromatic N) is 3. The van der Waals surface area contributed by atoms with Gasteiger partial charge in [0.1, 0.15) is 11.4 Å². The van der Waals surface area contributed by atoms with Gasteiger partial charge in [0.05, 0.1) is 5.69 Å². The van der Waals surface area contributed by atoms with E-state index in [1.54, 1.807) is 12.1 Å². The van der Waals surface area contributed by atoms with Gasteiger partial charge >= 0.3 is 5.97 Å². The molecule has 1 aliphatic carbocycles. The first-order valence-corrected chi connectivity index (χ1v) is 10.4. The SMILES string of the molecule is CCCN1CCCN(c2cc(N(/C=C(\C(C)=O)C(=O)O)C3CC3)ccc2F)CC1. The normalized spacial score (nSPS) is 18.4. The van der Waals surface area contributed by atoms with Crippen molar-refractivity contribution in [2.45, 2.75) is 45.6 Å². The Morgan fingerprint density at radius 2 is 2.00 bits per heavy atom. The maximum atomic E-state index is 14.7. The van der Waals surface area contributed by atoms with Crippen LogP contribution in [0.4, 0.5) is 15.8 Å². The Kier molecular flexibility index (Phi) is 6.90. The van der Waals surface area contributed by atoms with Crippen molar-refractivity contribution in [3.8, 4) is 0 Å². The van der Waals surface area contributed by atoms with Gasteiger partial charge in [0.25, 0.3) is 0 Å². The first-order chi connectivity index (χ1) is 13.9. The van der Waals surface area contributed by atoms with Crippen molar-refractivity contribution in [1.29, 1.82) is 0 Å². The average molecular weight is 403 g/mol. The van der Waals surface area contributed by atoms with Crippen molar-refractivity contribution in [2.75, 3.05) is 42.5 Å². The lowest BCUT2D eigenvalue weighted by molar-refractivity contribution is -0.134. The van der Waals surface area contributed by atoms with Crippen molar-refractivity contribution >= 4 is 23.1 Å². The summed E-state index contributed by atoms with van der Waals surface area (Å²) in [4.78, 5) is 29.5. The van der Waals surface area contributed by atoms with E-state index in [2.05, 4.69) is 16.7 Å². The first-order valence-electron chi connectivity index (χ1n) is 10.4. The van der Waals surface area contributed by atoms with E-state index >= 15 is 0 Å². The van der Waals surface area contributed by atoms with Crippen LogP contribution < -0.4 is 9.80 Å². The number of hydrogen-bond donors (Lipinski definition) is 1. The summed E-state index contributed by atoms with van der Waals surface area (Å²) >= 11 is 0. The van der Waals surface area contributed by atoms with Crippen LogP contribution in [0, 0.1) is 5.82 Å². The van der Waals surface area contributed by atoms with Gasteiger partial charge in [-0.1, -0.05) is 6.92 Å². The molecule has 2 aliphatic rings. The van der Waals surface area contributed by atoms with Crippen LogP contribution >= 0.6 is 0 Å². The van der Waals surface area contributed by atoms with Crippen molar-refractivity contribution in [3.05, 3.63) is 35.8 Å². The molecular formula is C22H30FN3O3. The van der Waals surface area contributed by atoms with Crippen molar-refractivity contribution in [2.24, 2.45) is 0 Å². The van der Waals surface area contributed by atoms with Crippen molar-refractivity contribution < 1.29 is 19.1 Å². The van der Waals surface area contributed by atoms with Crippen LogP contribution in [0.25, 0.3) is 0 Å². The number of benzene rings is 1. The van der Waals surface area contributed by atoms with E-state index in [1.807, 2.05) is 4.90 Å². The zero-order valence-corrected chi connectivity index (χ0v) is 17.2. The lowest BCUT2D eigenvalue weighted by Crippen LogP contribution is -2.31. The zero-order valence-electron chi connectivity index (χ0n) is 17.2. The summed E-state index contributed by atoms with van der Waals surface area (Å²) in [5.41, 5.74) is 1.01. The van der Waals surface area contributed by atoms with E-state index in [0.717, 1.165) is 64.1 Å². The molecule has 1 saturated heterocycles. The minimum Gasteiger partial charge on any atom is -0.478 e. The van der Waals surface area contributed by atoms with Gasteiger partial charge in [0.2, 0.25) is 0 Å². The molecule has 3 rings (SSSR count). The monoisotopic (exact) mass is 403 g/mol. The number of anilines is 2. The van der Waals surface area contributed by atoms with Crippen molar-refractivity contribution in [1.82, 2.24) is 4.90 Å². The van der Waals surface area contributed by atoms with E-state index in [0.29, 0.717) is 5.69 Å². The number of aliphatic carboxylic acids is 1. The molecular weight excluding hydrogens is 373 g/mol. The Morgan fingerprint density at radius 3 is 2.62 bits per heavy atom. The molecule has 0 amide bonds. The van der Waals surface area contributed by atoms with Crippen LogP contribution in [0.2, 0.25) is 0 Å². The molecule has 6 nitrogen and oxygen atoms in total. The summed E-state index contributed by atoms with van der Waals surface area (Å²) in [5, 5.41) is 9.36. The fourth-order valence-electron chi connectivity index (χ4n) is 3.83. The third-order valence-electron chi connectivity index (χ3n) is 5.52. The molecule has 1 saturated carbocycles. The summed E-state index contributed by atoms with van der Waals surface area (Å²) in [5.74, 6) is -2.01. The molecule has 1 N–H and O–H groups in total. The van der Waals surface area contributed by atoms with Crippen LogP contribution in [0.1, 0.15) is 39.5 Å². The van der Waals surface area contributed by atoms with Gasteiger partial charge in [-0.2, -0.15) is 0 Å². The molecule has 1 aliphatic heterocycles. The number of carbonyl (C=O) groups is 2. The molecule has 1 aromatic rings. The number of halogens is 1. The second kappa shape index (κ2) is 9.39. The molecule has 2 fully saturated rings. The Labute approximate surface area is 171 Å². The zero-order chi connectivity index (χ0) is 21.0. The number of carbonyl (C=O) groups excluding carboxylic acids is 1. The van der Waals surface area contributed by atoms with Gasteiger partial charge in [0, 0.05) is 37.6 Å². The molecule has 1 heterocycles. The number of carboxylic acids is 1. The third kappa shape index (κ3) is 5.35. The molecule has 7 heteroatoms. The number of carboxylic acid groups (broad SMARTS) is 1. The standard InChI is InChI=1S/C22H30FN3O3/c1-3-9-24-10-4-11-25(13-12-24)21-14-18(7-8-20(21)23)26(17-5-6-17)15-19(16(2)27)22(28)29/h7-8,14-15,17H,3-6,9-13H2,1-2H3,(H,28,29)/b19-15+. The summed E-state index contributed by atoms with van der Waals surface area (Å²) < 4.78 is 14.7.